The number of rotatable bonds is 5. The number of hydrogen-bond acceptors (Lipinski definition) is 3. The van der Waals surface area contributed by atoms with Crippen LogP contribution in [0.15, 0.2) is 48.9 Å². The van der Waals surface area contributed by atoms with Gasteiger partial charge in [0, 0.05) is 36.6 Å². The quantitative estimate of drug-likeness (QED) is 0.757. The second kappa shape index (κ2) is 6.68. The minimum absolute atomic E-state index is 0.138. The number of benzene rings is 1. The van der Waals surface area contributed by atoms with Crippen molar-refractivity contribution in [3.63, 3.8) is 0 Å². The Kier molecular flexibility index (Phi) is 4.46. The SMILES string of the molecule is Fc1ccc(CNCc2cn[nH]c2-c2cccnc2)cc1Cl. The van der Waals surface area contributed by atoms with Crippen LogP contribution in [0.25, 0.3) is 11.3 Å². The van der Waals surface area contributed by atoms with Crippen LogP contribution in [0.1, 0.15) is 11.1 Å². The number of halogens is 2. The fourth-order valence-corrected chi connectivity index (χ4v) is 2.40. The summed E-state index contributed by atoms with van der Waals surface area (Å²) in [4.78, 5) is 4.11. The van der Waals surface area contributed by atoms with Crippen LogP contribution >= 0.6 is 11.6 Å². The van der Waals surface area contributed by atoms with Crippen molar-refractivity contribution in [2.24, 2.45) is 0 Å². The average molecular weight is 317 g/mol. The number of pyridine rings is 1. The maximum absolute atomic E-state index is 13.1. The van der Waals surface area contributed by atoms with Gasteiger partial charge in [0.25, 0.3) is 0 Å². The molecular weight excluding hydrogens is 303 g/mol. The third-order valence-corrected chi connectivity index (χ3v) is 3.59. The highest BCUT2D eigenvalue weighted by atomic mass is 35.5. The summed E-state index contributed by atoms with van der Waals surface area (Å²) in [5, 5.41) is 10.5. The second-order valence-corrected chi connectivity index (χ2v) is 5.27. The van der Waals surface area contributed by atoms with Crippen LogP contribution in [0.4, 0.5) is 4.39 Å². The molecule has 1 aromatic carbocycles. The lowest BCUT2D eigenvalue weighted by atomic mass is 10.1. The minimum Gasteiger partial charge on any atom is -0.308 e. The molecule has 0 radical (unpaired) electrons. The number of nitrogens with zero attached hydrogens (tertiary/aromatic N) is 2. The van der Waals surface area contributed by atoms with Crippen LogP contribution in [0.2, 0.25) is 5.02 Å². The van der Waals surface area contributed by atoms with Crippen molar-refractivity contribution < 1.29 is 4.39 Å². The van der Waals surface area contributed by atoms with Gasteiger partial charge in [-0.2, -0.15) is 5.10 Å². The van der Waals surface area contributed by atoms with Crippen LogP contribution in [0, 0.1) is 5.82 Å². The van der Waals surface area contributed by atoms with E-state index in [-0.39, 0.29) is 5.02 Å². The van der Waals surface area contributed by atoms with Crippen LogP contribution in [0.5, 0.6) is 0 Å². The first-order valence-corrected chi connectivity index (χ1v) is 7.19. The average Bonchev–Trinajstić information content (AvgIpc) is 3.00. The number of nitrogens with one attached hydrogen (secondary N) is 2. The van der Waals surface area contributed by atoms with E-state index in [9.17, 15) is 4.39 Å². The first kappa shape index (κ1) is 14.7. The van der Waals surface area contributed by atoms with Crippen molar-refractivity contribution in [2.45, 2.75) is 13.1 Å². The summed E-state index contributed by atoms with van der Waals surface area (Å²) in [6, 6.07) is 8.57. The van der Waals surface area contributed by atoms with Crippen molar-refractivity contribution >= 4 is 11.6 Å². The van der Waals surface area contributed by atoms with E-state index >= 15 is 0 Å². The monoisotopic (exact) mass is 316 g/mol. The summed E-state index contributed by atoms with van der Waals surface area (Å²) in [6.45, 7) is 1.23. The van der Waals surface area contributed by atoms with Gasteiger partial charge in [0.2, 0.25) is 0 Å². The largest absolute Gasteiger partial charge is 0.308 e. The molecule has 0 bridgehead atoms. The Hall–Kier alpha value is -2.24. The molecule has 6 heteroatoms. The van der Waals surface area contributed by atoms with Gasteiger partial charge in [-0.3, -0.25) is 10.1 Å². The third-order valence-electron chi connectivity index (χ3n) is 3.30. The van der Waals surface area contributed by atoms with E-state index in [1.54, 1.807) is 30.7 Å². The zero-order chi connectivity index (χ0) is 15.4. The molecule has 2 N–H and O–H groups in total. The van der Waals surface area contributed by atoms with E-state index in [2.05, 4.69) is 20.5 Å². The van der Waals surface area contributed by atoms with Crippen LogP contribution < -0.4 is 5.32 Å². The molecule has 3 aromatic rings. The Bertz CT molecular complexity index is 758. The molecule has 0 fully saturated rings. The van der Waals surface area contributed by atoms with Gasteiger partial charge in [0.1, 0.15) is 5.82 Å². The van der Waals surface area contributed by atoms with Crippen molar-refractivity contribution in [3.05, 3.63) is 70.9 Å². The zero-order valence-corrected chi connectivity index (χ0v) is 12.4. The molecule has 0 aliphatic rings. The van der Waals surface area contributed by atoms with Gasteiger partial charge in [-0.05, 0) is 29.8 Å². The maximum Gasteiger partial charge on any atom is 0.141 e. The molecule has 0 amide bonds. The van der Waals surface area contributed by atoms with E-state index in [0.717, 1.165) is 22.4 Å². The summed E-state index contributed by atoms with van der Waals surface area (Å²) in [7, 11) is 0. The molecule has 4 nitrogen and oxygen atoms in total. The maximum atomic E-state index is 13.1. The summed E-state index contributed by atoms with van der Waals surface area (Å²) < 4.78 is 13.1. The highest BCUT2D eigenvalue weighted by molar-refractivity contribution is 6.30. The Morgan fingerprint density at radius 3 is 2.86 bits per heavy atom. The standard InChI is InChI=1S/C16H14ClFN4/c17-14-6-11(3-4-15(14)18)7-20-9-13-10-21-22-16(13)12-2-1-5-19-8-12/h1-6,8,10,20H,7,9H2,(H,21,22). The smallest absolute Gasteiger partial charge is 0.141 e. The fraction of sp³-hybridized carbons (Fsp3) is 0.125. The normalized spacial score (nSPS) is 10.8. The number of aromatic amines is 1. The molecule has 0 atom stereocenters. The highest BCUT2D eigenvalue weighted by Gasteiger charge is 2.07. The molecule has 0 saturated carbocycles. The van der Waals surface area contributed by atoms with Crippen LogP contribution in [0.3, 0.4) is 0 Å². The van der Waals surface area contributed by atoms with E-state index in [4.69, 9.17) is 11.6 Å². The van der Waals surface area contributed by atoms with Crippen molar-refractivity contribution in [2.75, 3.05) is 0 Å². The Morgan fingerprint density at radius 1 is 1.18 bits per heavy atom. The number of H-pyrrole nitrogens is 1. The molecule has 0 unspecified atom stereocenters. The number of aromatic nitrogens is 3. The van der Waals surface area contributed by atoms with Gasteiger partial charge in [0.05, 0.1) is 16.9 Å². The molecule has 2 aromatic heterocycles. The van der Waals surface area contributed by atoms with Gasteiger partial charge >= 0.3 is 0 Å². The second-order valence-electron chi connectivity index (χ2n) is 4.86. The van der Waals surface area contributed by atoms with Crippen LogP contribution in [-0.4, -0.2) is 15.2 Å². The van der Waals surface area contributed by atoms with Gasteiger partial charge < -0.3 is 5.32 Å². The van der Waals surface area contributed by atoms with E-state index in [0.29, 0.717) is 13.1 Å². The molecule has 22 heavy (non-hydrogen) atoms. The zero-order valence-electron chi connectivity index (χ0n) is 11.7. The Balaban J connectivity index is 1.65. The predicted octanol–water partition coefficient (Wildman–Crippen LogP) is 3.55. The van der Waals surface area contributed by atoms with Gasteiger partial charge in [0.15, 0.2) is 0 Å². The molecule has 2 heterocycles. The summed E-state index contributed by atoms with van der Waals surface area (Å²) in [5.41, 5.74) is 3.90. The Morgan fingerprint density at radius 2 is 2.09 bits per heavy atom. The molecule has 112 valence electrons. The van der Waals surface area contributed by atoms with Gasteiger partial charge in [-0.25, -0.2) is 4.39 Å². The van der Waals surface area contributed by atoms with E-state index in [1.165, 1.54) is 6.07 Å². The molecular formula is C16H14ClFN4. The molecule has 0 aliphatic heterocycles. The van der Waals surface area contributed by atoms with E-state index < -0.39 is 5.82 Å². The van der Waals surface area contributed by atoms with Crippen molar-refractivity contribution in [1.82, 2.24) is 20.5 Å². The van der Waals surface area contributed by atoms with Crippen molar-refractivity contribution in [3.8, 4) is 11.3 Å². The highest BCUT2D eigenvalue weighted by Crippen LogP contribution is 2.20. The molecule has 0 aliphatic carbocycles. The summed E-state index contributed by atoms with van der Waals surface area (Å²) >= 11 is 5.77. The minimum atomic E-state index is -0.404. The topological polar surface area (TPSA) is 53.6 Å². The lowest BCUT2D eigenvalue weighted by Crippen LogP contribution is -2.13. The van der Waals surface area contributed by atoms with Gasteiger partial charge in [-0.1, -0.05) is 17.7 Å². The molecule has 0 saturated heterocycles. The first-order valence-electron chi connectivity index (χ1n) is 6.81. The van der Waals surface area contributed by atoms with Gasteiger partial charge in [-0.15, -0.1) is 0 Å². The number of hydrogen-bond donors (Lipinski definition) is 2. The van der Waals surface area contributed by atoms with Crippen LogP contribution in [-0.2, 0) is 13.1 Å². The van der Waals surface area contributed by atoms with E-state index in [1.807, 2.05) is 12.1 Å². The molecule has 3 rings (SSSR count). The fourth-order valence-electron chi connectivity index (χ4n) is 2.20. The lowest BCUT2D eigenvalue weighted by molar-refractivity contribution is 0.625. The predicted molar refractivity (Wildman–Crippen MR) is 83.8 cm³/mol. The summed E-state index contributed by atoms with van der Waals surface area (Å²) in [5.74, 6) is -0.404. The Labute approximate surface area is 132 Å². The summed E-state index contributed by atoms with van der Waals surface area (Å²) in [6.07, 6.45) is 5.31. The van der Waals surface area contributed by atoms with Crippen molar-refractivity contribution in [1.29, 1.82) is 0 Å². The third kappa shape index (κ3) is 3.32. The lowest BCUT2D eigenvalue weighted by Gasteiger charge is -2.06. The molecule has 0 spiro atoms. The first-order chi connectivity index (χ1) is 10.7.